The molecule has 0 radical (unpaired) electrons. The molecule has 2 nitrogen and oxygen atoms in total. The summed E-state index contributed by atoms with van der Waals surface area (Å²) < 4.78 is 25.4. The molecule has 2 unspecified atom stereocenters. The van der Waals surface area contributed by atoms with Crippen LogP contribution in [0.4, 0.5) is 8.78 Å². The monoisotopic (exact) mass is 192 g/mol. The maximum Gasteiger partial charge on any atom is 0.245 e. The minimum Gasteiger partial charge on any atom is -0.326 e. The summed E-state index contributed by atoms with van der Waals surface area (Å²) in [6, 6.07) is -0.0930. The summed E-state index contributed by atoms with van der Waals surface area (Å²) in [6.45, 7) is 2.59. The summed E-state index contributed by atoms with van der Waals surface area (Å²) in [5.41, 5.74) is 5.80. The van der Waals surface area contributed by atoms with Crippen LogP contribution in [-0.4, -0.2) is 37.0 Å². The zero-order valence-corrected chi connectivity index (χ0v) is 8.26. The van der Waals surface area contributed by atoms with Gasteiger partial charge >= 0.3 is 0 Å². The lowest BCUT2D eigenvalue weighted by atomic mass is 9.87. The minimum atomic E-state index is -2.57. The van der Waals surface area contributed by atoms with Gasteiger partial charge in [-0.15, -0.1) is 0 Å². The Morgan fingerprint density at radius 3 is 2.62 bits per heavy atom. The lowest BCUT2D eigenvalue weighted by Gasteiger charge is -2.35. The topological polar surface area (TPSA) is 29.3 Å². The van der Waals surface area contributed by atoms with Gasteiger partial charge in [0.15, 0.2) is 0 Å². The Morgan fingerprint density at radius 2 is 2.15 bits per heavy atom. The molecule has 4 heteroatoms. The molecular weight excluding hydrogens is 174 g/mol. The summed E-state index contributed by atoms with van der Waals surface area (Å²) in [6.07, 6.45) is 0.725. The van der Waals surface area contributed by atoms with Gasteiger partial charge in [0.2, 0.25) is 5.92 Å². The molecule has 0 amide bonds. The molecule has 1 heterocycles. The van der Waals surface area contributed by atoms with Crippen LogP contribution in [0.2, 0.25) is 0 Å². The highest BCUT2D eigenvalue weighted by Gasteiger charge is 2.32. The fraction of sp³-hybridized carbons (Fsp3) is 1.00. The Hall–Kier alpha value is -0.220. The molecule has 0 spiro atoms. The molecule has 1 rings (SSSR count). The van der Waals surface area contributed by atoms with E-state index in [1.165, 1.54) is 0 Å². The van der Waals surface area contributed by atoms with Crippen LogP contribution in [0.15, 0.2) is 0 Å². The molecule has 1 aliphatic rings. The average Bonchev–Trinajstić information content (AvgIpc) is 1.93. The third-order valence-electron chi connectivity index (χ3n) is 2.63. The van der Waals surface area contributed by atoms with E-state index in [0.29, 0.717) is 0 Å². The van der Waals surface area contributed by atoms with Gasteiger partial charge in [-0.3, -0.25) is 0 Å². The average molecular weight is 192 g/mol. The normalized spacial score (nSPS) is 32.1. The standard InChI is InChI=1S/C9H18F2N2/c1-9(10,11)5-7-3-4-13(2)6-8(7)12/h7-8H,3-6,12H2,1-2H3. The van der Waals surface area contributed by atoms with Crippen molar-refractivity contribution in [2.45, 2.75) is 31.7 Å². The van der Waals surface area contributed by atoms with E-state index in [9.17, 15) is 8.78 Å². The first-order valence-corrected chi connectivity index (χ1v) is 4.70. The minimum absolute atomic E-state index is 0.0174. The van der Waals surface area contributed by atoms with Gasteiger partial charge in [0, 0.05) is 19.0 Å². The van der Waals surface area contributed by atoms with Crippen LogP contribution < -0.4 is 5.73 Å². The third-order valence-corrected chi connectivity index (χ3v) is 2.63. The lowest BCUT2D eigenvalue weighted by molar-refractivity contribution is -0.0158. The molecule has 0 aromatic heterocycles. The van der Waals surface area contributed by atoms with Crippen molar-refractivity contribution in [1.82, 2.24) is 4.90 Å². The highest BCUT2D eigenvalue weighted by atomic mass is 19.3. The van der Waals surface area contributed by atoms with Gasteiger partial charge in [0.1, 0.15) is 0 Å². The van der Waals surface area contributed by atoms with Crippen LogP contribution >= 0.6 is 0 Å². The zero-order chi connectivity index (χ0) is 10.1. The van der Waals surface area contributed by atoms with E-state index >= 15 is 0 Å². The van der Waals surface area contributed by atoms with E-state index in [0.717, 1.165) is 26.4 Å². The second-order valence-corrected chi connectivity index (χ2v) is 4.25. The second kappa shape index (κ2) is 3.88. The van der Waals surface area contributed by atoms with Gasteiger partial charge in [0.05, 0.1) is 0 Å². The summed E-state index contributed by atoms with van der Waals surface area (Å²) in [4.78, 5) is 2.09. The lowest BCUT2D eigenvalue weighted by Crippen LogP contribution is -2.48. The zero-order valence-electron chi connectivity index (χ0n) is 8.26. The number of hydrogen-bond donors (Lipinski definition) is 1. The van der Waals surface area contributed by atoms with E-state index in [4.69, 9.17) is 5.73 Å². The highest BCUT2D eigenvalue weighted by Crippen LogP contribution is 2.28. The molecule has 1 aliphatic heterocycles. The number of nitrogens with zero attached hydrogens (tertiary/aromatic N) is 1. The molecular formula is C9H18F2N2. The number of rotatable bonds is 2. The predicted molar refractivity (Wildman–Crippen MR) is 48.8 cm³/mol. The van der Waals surface area contributed by atoms with E-state index in [2.05, 4.69) is 4.90 Å². The highest BCUT2D eigenvalue weighted by molar-refractivity contribution is 4.84. The number of nitrogens with two attached hydrogens (primary N) is 1. The van der Waals surface area contributed by atoms with E-state index in [-0.39, 0.29) is 18.4 Å². The van der Waals surface area contributed by atoms with Crippen molar-refractivity contribution >= 4 is 0 Å². The van der Waals surface area contributed by atoms with Crippen molar-refractivity contribution in [2.75, 3.05) is 20.1 Å². The number of halogens is 2. The van der Waals surface area contributed by atoms with Crippen molar-refractivity contribution in [3.63, 3.8) is 0 Å². The van der Waals surface area contributed by atoms with E-state index in [1.807, 2.05) is 7.05 Å². The van der Waals surface area contributed by atoms with Gasteiger partial charge < -0.3 is 10.6 Å². The molecule has 2 N–H and O–H groups in total. The van der Waals surface area contributed by atoms with Crippen molar-refractivity contribution in [3.05, 3.63) is 0 Å². The summed E-state index contributed by atoms with van der Waals surface area (Å²) in [5.74, 6) is -2.59. The Morgan fingerprint density at radius 1 is 1.54 bits per heavy atom. The van der Waals surface area contributed by atoms with E-state index < -0.39 is 5.92 Å². The molecule has 0 aromatic rings. The van der Waals surface area contributed by atoms with Crippen LogP contribution in [-0.2, 0) is 0 Å². The van der Waals surface area contributed by atoms with Crippen LogP contribution in [0, 0.1) is 5.92 Å². The number of hydrogen-bond acceptors (Lipinski definition) is 2. The summed E-state index contributed by atoms with van der Waals surface area (Å²) >= 11 is 0. The molecule has 1 fully saturated rings. The second-order valence-electron chi connectivity index (χ2n) is 4.25. The third kappa shape index (κ3) is 3.56. The van der Waals surface area contributed by atoms with Crippen molar-refractivity contribution < 1.29 is 8.78 Å². The molecule has 78 valence electrons. The van der Waals surface area contributed by atoms with Gasteiger partial charge in [-0.05, 0) is 32.9 Å². The molecule has 1 saturated heterocycles. The summed E-state index contributed by atoms with van der Waals surface area (Å²) in [7, 11) is 1.97. The maximum atomic E-state index is 12.7. The van der Waals surface area contributed by atoms with E-state index in [1.54, 1.807) is 0 Å². The Labute approximate surface area is 78.1 Å². The Kier molecular flexibility index (Phi) is 3.24. The molecule has 2 atom stereocenters. The Bertz CT molecular complexity index is 167. The quantitative estimate of drug-likeness (QED) is 0.714. The van der Waals surface area contributed by atoms with Crippen molar-refractivity contribution in [2.24, 2.45) is 11.7 Å². The van der Waals surface area contributed by atoms with Gasteiger partial charge in [-0.25, -0.2) is 8.78 Å². The van der Waals surface area contributed by atoms with Crippen molar-refractivity contribution in [3.8, 4) is 0 Å². The number of piperidine rings is 1. The Balaban J connectivity index is 2.43. The maximum absolute atomic E-state index is 12.7. The molecule has 13 heavy (non-hydrogen) atoms. The largest absolute Gasteiger partial charge is 0.326 e. The first kappa shape index (κ1) is 10.9. The fourth-order valence-corrected chi connectivity index (χ4v) is 1.91. The van der Waals surface area contributed by atoms with Crippen LogP contribution in [0.25, 0.3) is 0 Å². The predicted octanol–water partition coefficient (Wildman–Crippen LogP) is 1.31. The molecule has 0 aromatic carbocycles. The number of likely N-dealkylation sites (N-methyl/N-ethyl adjacent to an activating group) is 1. The first-order valence-electron chi connectivity index (χ1n) is 4.70. The first-order chi connectivity index (χ1) is 5.88. The SMILES string of the molecule is CN1CCC(CC(C)(F)F)C(N)C1. The van der Waals surface area contributed by atoms with Crippen LogP contribution in [0.3, 0.4) is 0 Å². The molecule has 0 saturated carbocycles. The smallest absolute Gasteiger partial charge is 0.245 e. The number of alkyl halides is 2. The van der Waals surface area contributed by atoms with Crippen molar-refractivity contribution in [1.29, 1.82) is 0 Å². The van der Waals surface area contributed by atoms with Gasteiger partial charge in [-0.2, -0.15) is 0 Å². The molecule has 0 bridgehead atoms. The van der Waals surface area contributed by atoms with Crippen LogP contribution in [0.1, 0.15) is 19.8 Å². The van der Waals surface area contributed by atoms with Gasteiger partial charge in [0.25, 0.3) is 0 Å². The molecule has 0 aliphatic carbocycles. The van der Waals surface area contributed by atoms with Gasteiger partial charge in [-0.1, -0.05) is 0 Å². The number of likely N-dealkylation sites (tertiary alicyclic amines) is 1. The fourth-order valence-electron chi connectivity index (χ4n) is 1.91. The van der Waals surface area contributed by atoms with Crippen LogP contribution in [0.5, 0.6) is 0 Å². The summed E-state index contributed by atoms with van der Waals surface area (Å²) in [5, 5.41) is 0.